The molecule has 0 saturated heterocycles. The maximum Gasteiger partial charge on any atom is 0.335 e. The second-order valence-corrected chi connectivity index (χ2v) is 2.61. The Morgan fingerprint density at radius 3 is 2.83 bits per heavy atom. The maximum absolute atomic E-state index is 10.9. The van der Waals surface area contributed by atoms with Crippen molar-refractivity contribution in [3.8, 4) is 0 Å². The molecule has 0 amide bonds. The van der Waals surface area contributed by atoms with Crippen molar-refractivity contribution in [2.24, 2.45) is 5.73 Å². The molecule has 0 heterocycles. The Kier molecular flexibility index (Phi) is 6.70. The van der Waals surface area contributed by atoms with Gasteiger partial charge in [-0.2, -0.15) is 0 Å². The first-order valence-corrected chi connectivity index (χ1v) is 4.27. The summed E-state index contributed by atoms with van der Waals surface area (Å²) in [5.74, 6) is -0.561. The van der Waals surface area contributed by atoms with Gasteiger partial charge in [-0.1, -0.05) is 13.3 Å². The van der Waals surface area contributed by atoms with E-state index in [2.05, 4.69) is 0 Å². The first kappa shape index (κ1) is 11.4. The summed E-state index contributed by atoms with van der Waals surface area (Å²) in [4.78, 5) is 10.9. The monoisotopic (exact) mass is 175 g/mol. The quantitative estimate of drug-likeness (QED) is 0.441. The highest BCUT2D eigenvalue weighted by Gasteiger charge is 2.14. The standard InChI is InChI=1S/C8H17NO3/c1-2-3-6-12-8(11)7(10)4-5-9/h7,10H,2-6,9H2,1H3/t7-/m0/s1. The smallest absolute Gasteiger partial charge is 0.335 e. The highest BCUT2D eigenvalue weighted by molar-refractivity contribution is 5.74. The molecule has 72 valence electrons. The number of hydrogen-bond donors (Lipinski definition) is 2. The van der Waals surface area contributed by atoms with Gasteiger partial charge in [-0.05, 0) is 19.4 Å². The third kappa shape index (κ3) is 5.09. The zero-order chi connectivity index (χ0) is 9.40. The van der Waals surface area contributed by atoms with Crippen molar-refractivity contribution in [1.82, 2.24) is 0 Å². The molecule has 4 nitrogen and oxygen atoms in total. The molecule has 0 aromatic heterocycles. The first-order chi connectivity index (χ1) is 5.72. The van der Waals surface area contributed by atoms with Gasteiger partial charge in [-0.15, -0.1) is 0 Å². The summed E-state index contributed by atoms with van der Waals surface area (Å²) in [5, 5.41) is 9.06. The molecule has 0 fully saturated rings. The summed E-state index contributed by atoms with van der Waals surface area (Å²) in [7, 11) is 0. The molecular weight excluding hydrogens is 158 g/mol. The van der Waals surface area contributed by atoms with Crippen LogP contribution in [0.15, 0.2) is 0 Å². The predicted molar refractivity (Wildman–Crippen MR) is 45.5 cm³/mol. The van der Waals surface area contributed by atoms with E-state index in [4.69, 9.17) is 15.6 Å². The van der Waals surface area contributed by atoms with Crippen molar-refractivity contribution in [3.05, 3.63) is 0 Å². The molecule has 0 radical (unpaired) electrons. The number of hydrogen-bond acceptors (Lipinski definition) is 4. The van der Waals surface area contributed by atoms with Gasteiger partial charge in [0.25, 0.3) is 0 Å². The Hall–Kier alpha value is -0.610. The lowest BCUT2D eigenvalue weighted by molar-refractivity contribution is -0.153. The van der Waals surface area contributed by atoms with Gasteiger partial charge in [-0.3, -0.25) is 0 Å². The minimum absolute atomic E-state index is 0.269. The Bertz CT molecular complexity index is 127. The van der Waals surface area contributed by atoms with Gasteiger partial charge in [0.2, 0.25) is 0 Å². The lowest BCUT2D eigenvalue weighted by Crippen LogP contribution is -2.26. The van der Waals surface area contributed by atoms with Gasteiger partial charge < -0.3 is 15.6 Å². The number of carbonyl (C=O) groups excluding carboxylic acids is 1. The molecule has 12 heavy (non-hydrogen) atoms. The Morgan fingerprint density at radius 1 is 1.67 bits per heavy atom. The molecule has 3 N–H and O–H groups in total. The van der Waals surface area contributed by atoms with E-state index in [1.54, 1.807) is 0 Å². The van der Waals surface area contributed by atoms with Crippen LogP contribution in [0, 0.1) is 0 Å². The summed E-state index contributed by atoms with van der Waals surface area (Å²) < 4.78 is 4.75. The SMILES string of the molecule is CCCCOC(=O)[C@@H](O)CCN. The van der Waals surface area contributed by atoms with Crippen LogP contribution in [0.1, 0.15) is 26.2 Å². The summed E-state index contributed by atoms with van der Waals surface area (Å²) in [6.07, 6.45) is 1.03. The van der Waals surface area contributed by atoms with E-state index in [9.17, 15) is 4.79 Å². The number of esters is 1. The number of aliphatic hydroxyl groups is 1. The second-order valence-electron chi connectivity index (χ2n) is 2.61. The molecule has 0 aliphatic heterocycles. The summed E-state index contributed by atoms with van der Waals surface area (Å²) in [6, 6.07) is 0. The van der Waals surface area contributed by atoms with Crippen molar-refractivity contribution in [2.45, 2.75) is 32.3 Å². The van der Waals surface area contributed by atoms with Crippen LogP contribution >= 0.6 is 0 Å². The Morgan fingerprint density at radius 2 is 2.33 bits per heavy atom. The fraction of sp³-hybridized carbons (Fsp3) is 0.875. The fourth-order valence-electron chi connectivity index (χ4n) is 0.689. The van der Waals surface area contributed by atoms with Crippen LogP contribution in [0.3, 0.4) is 0 Å². The average Bonchev–Trinajstić information content (AvgIpc) is 2.05. The number of aliphatic hydroxyl groups excluding tert-OH is 1. The molecule has 0 aromatic carbocycles. The van der Waals surface area contributed by atoms with E-state index in [1.165, 1.54) is 0 Å². The summed E-state index contributed by atoms with van der Waals surface area (Å²) in [5.41, 5.74) is 5.15. The lowest BCUT2D eigenvalue weighted by Gasteiger charge is -2.08. The second kappa shape index (κ2) is 7.06. The first-order valence-electron chi connectivity index (χ1n) is 4.27. The van der Waals surface area contributed by atoms with Gasteiger partial charge in [0, 0.05) is 0 Å². The molecule has 0 unspecified atom stereocenters. The van der Waals surface area contributed by atoms with Gasteiger partial charge in [0.1, 0.15) is 0 Å². The van der Waals surface area contributed by atoms with Crippen LogP contribution in [0.4, 0.5) is 0 Å². The number of nitrogens with two attached hydrogens (primary N) is 1. The van der Waals surface area contributed by atoms with Gasteiger partial charge in [0.05, 0.1) is 6.61 Å². The van der Waals surface area contributed by atoms with Gasteiger partial charge in [0.15, 0.2) is 6.10 Å². The zero-order valence-corrected chi connectivity index (χ0v) is 7.45. The lowest BCUT2D eigenvalue weighted by atomic mass is 10.2. The number of ether oxygens (including phenoxy) is 1. The molecule has 0 rings (SSSR count). The number of unbranched alkanes of at least 4 members (excludes halogenated alkanes) is 1. The van der Waals surface area contributed by atoms with Gasteiger partial charge >= 0.3 is 5.97 Å². The van der Waals surface area contributed by atoms with Crippen molar-refractivity contribution in [1.29, 1.82) is 0 Å². The number of rotatable bonds is 6. The molecule has 0 aliphatic carbocycles. The maximum atomic E-state index is 10.9. The van der Waals surface area contributed by atoms with Crippen LogP contribution in [0.5, 0.6) is 0 Å². The highest BCUT2D eigenvalue weighted by Crippen LogP contribution is 1.95. The third-order valence-corrected chi connectivity index (χ3v) is 1.45. The Balaban J connectivity index is 3.43. The van der Waals surface area contributed by atoms with E-state index in [1.807, 2.05) is 6.92 Å². The van der Waals surface area contributed by atoms with Crippen molar-refractivity contribution in [2.75, 3.05) is 13.2 Å². The predicted octanol–water partition coefficient (Wildman–Crippen LogP) is 0.0394. The molecule has 0 spiro atoms. The largest absolute Gasteiger partial charge is 0.464 e. The van der Waals surface area contributed by atoms with E-state index in [0.717, 1.165) is 12.8 Å². The topological polar surface area (TPSA) is 72.5 Å². The summed E-state index contributed by atoms with van der Waals surface area (Å²) in [6.45, 7) is 2.69. The minimum atomic E-state index is -1.05. The van der Waals surface area contributed by atoms with E-state index < -0.39 is 12.1 Å². The molecular formula is C8H17NO3. The van der Waals surface area contributed by atoms with E-state index in [-0.39, 0.29) is 6.42 Å². The zero-order valence-electron chi connectivity index (χ0n) is 7.45. The molecule has 0 saturated carbocycles. The van der Waals surface area contributed by atoms with Crippen LogP contribution < -0.4 is 5.73 Å². The minimum Gasteiger partial charge on any atom is -0.464 e. The fourth-order valence-corrected chi connectivity index (χ4v) is 0.689. The van der Waals surface area contributed by atoms with Crippen molar-refractivity contribution >= 4 is 5.97 Å². The molecule has 0 aromatic rings. The summed E-state index contributed by atoms with van der Waals surface area (Å²) >= 11 is 0. The normalized spacial score (nSPS) is 12.6. The molecule has 0 bridgehead atoms. The molecule has 4 heteroatoms. The van der Waals surface area contributed by atoms with Crippen molar-refractivity contribution in [3.63, 3.8) is 0 Å². The number of carbonyl (C=O) groups is 1. The third-order valence-electron chi connectivity index (χ3n) is 1.45. The Labute approximate surface area is 72.7 Å². The highest BCUT2D eigenvalue weighted by atomic mass is 16.5. The van der Waals surface area contributed by atoms with E-state index >= 15 is 0 Å². The van der Waals surface area contributed by atoms with Crippen LogP contribution in [0.25, 0.3) is 0 Å². The van der Waals surface area contributed by atoms with Crippen LogP contribution in [0.2, 0.25) is 0 Å². The van der Waals surface area contributed by atoms with Gasteiger partial charge in [-0.25, -0.2) is 4.79 Å². The van der Waals surface area contributed by atoms with Crippen molar-refractivity contribution < 1.29 is 14.6 Å². The van der Waals surface area contributed by atoms with Crippen LogP contribution in [-0.4, -0.2) is 30.3 Å². The van der Waals surface area contributed by atoms with Crippen LogP contribution in [-0.2, 0) is 9.53 Å². The average molecular weight is 175 g/mol. The van der Waals surface area contributed by atoms with E-state index in [0.29, 0.717) is 13.2 Å². The molecule has 0 aliphatic rings. The molecule has 1 atom stereocenters.